The lowest BCUT2D eigenvalue weighted by Gasteiger charge is -2.22. The Kier molecular flexibility index (Phi) is 4.05. The minimum atomic E-state index is -0.0502. The molecule has 3 heteroatoms. The summed E-state index contributed by atoms with van der Waals surface area (Å²) in [5.41, 5.74) is 9.48. The average molecular weight is 258 g/mol. The average Bonchev–Trinajstić information content (AvgIpc) is 2.78. The molecule has 0 saturated heterocycles. The van der Waals surface area contributed by atoms with Crippen molar-refractivity contribution >= 4 is 5.91 Å². The van der Waals surface area contributed by atoms with Crippen molar-refractivity contribution in [3.8, 4) is 0 Å². The molecule has 19 heavy (non-hydrogen) atoms. The fourth-order valence-electron chi connectivity index (χ4n) is 2.55. The number of amides is 1. The van der Waals surface area contributed by atoms with Crippen LogP contribution in [0.5, 0.6) is 0 Å². The molecule has 0 fully saturated rings. The van der Waals surface area contributed by atoms with Gasteiger partial charge in [0.2, 0.25) is 5.91 Å². The highest BCUT2D eigenvalue weighted by Gasteiger charge is 2.25. The number of benzene rings is 1. The molecule has 0 heterocycles. The van der Waals surface area contributed by atoms with Crippen LogP contribution in [0, 0.1) is 19.8 Å². The molecule has 0 bridgehead atoms. The van der Waals surface area contributed by atoms with Crippen LogP contribution in [0.4, 0.5) is 0 Å². The lowest BCUT2D eigenvalue weighted by molar-refractivity contribution is -0.133. The van der Waals surface area contributed by atoms with Crippen LogP contribution in [-0.2, 0) is 11.3 Å². The topological polar surface area (TPSA) is 46.3 Å². The van der Waals surface area contributed by atoms with Crippen LogP contribution < -0.4 is 5.73 Å². The number of hydrogen-bond donors (Lipinski definition) is 1. The number of carbonyl (C=O) groups is 1. The molecule has 1 aliphatic rings. The smallest absolute Gasteiger partial charge is 0.229 e. The van der Waals surface area contributed by atoms with Crippen LogP contribution in [-0.4, -0.2) is 23.9 Å². The summed E-state index contributed by atoms with van der Waals surface area (Å²) in [6.07, 6.45) is 4.59. The first-order valence-electron chi connectivity index (χ1n) is 6.72. The molecule has 3 nitrogen and oxygen atoms in total. The van der Waals surface area contributed by atoms with Gasteiger partial charge in [-0.15, -0.1) is 0 Å². The maximum Gasteiger partial charge on any atom is 0.229 e. The van der Waals surface area contributed by atoms with Crippen LogP contribution in [0.25, 0.3) is 0 Å². The molecule has 2 atom stereocenters. The predicted molar refractivity (Wildman–Crippen MR) is 77.6 cm³/mol. The van der Waals surface area contributed by atoms with Gasteiger partial charge in [0.05, 0.1) is 5.92 Å². The number of hydrogen-bond acceptors (Lipinski definition) is 2. The van der Waals surface area contributed by atoms with Gasteiger partial charge in [-0.2, -0.15) is 0 Å². The van der Waals surface area contributed by atoms with E-state index in [0.29, 0.717) is 6.54 Å². The fraction of sp³-hybridized carbons (Fsp3) is 0.438. The molecule has 2 N–H and O–H groups in total. The summed E-state index contributed by atoms with van der Waals surface area (Å²) in [5, 5.41) is 0. The van der Waals surface area contributed by atoms with Crippen molar-refractivity contribution in [2.75, 3.05) is 7.05 Å². The Morgan fingerprint density at radius 2 is 2.11 bits per heavy atom. The Morgan fingerprint density at radius 1 is 1.37 bits per heavy atom. The molecule has 2 unspecified atom stereocenters. The van der Waals surface area contributed by atoms with Gasteiger partial charge in [0, 0.05) is 19.6 Å². The summed E-state index contributed by atoms with van der Waals surface area (Å²) in [6.45, 7) is 4.83. The van der Waals surface area contributed by atoms with E-state index >= 15 is 0 Å². The van der Waals surface area contributed by atoms with Crippen molar-refractivity contribution in [1.82, 2.24) is 4.90 Å². The van der Waals surface area contributed by atoms with Crippen molar-refractivity contribution in [3.63, 3.8) is 0 Å². The van der Waals surface area contributed by atoms with Crippen molar-refractivity contribution in [2.24, 2.45) is 11.7 Å². The monoisotopic (exact) mass is 258 g/mol. The van der Waals surface area contributed by atoms with Gasteiger partial charge in [0.1, 0.15) is 0 Å². The SMILES string of the molecule is Cc1ccc(CN(C)C(=O)C2C=CC(N)C2)c(C)c1. The Hall–Kier alpha value is -1.61. The first-order valence-corrected chi connectivity index (χ1v) is 6.72. The van der Waals surface area contributed by atoms with Crippen molar-refractivity contribution < 1.29 is 4.79 Å². The molecule has 1 amide bonds. The standard InChI is InChI=1S/C16H22N2O/c1-11-4-5-14(12(2)8-11)10-18(3)16(19)13-6-7-15(17)9-13/h4-8,13,15H,9-10,17H2,1-3H3. The third-order valence-corrected chi connectivity index (χ3v) is 3.72. The van der Waals surface area contributed by atoms with Gasteiger partial charge in [0.15, 0.2) is 0 Å². The van der Waals surface area contributed by atoms with E-state index in [4.69, 9.17) is 5.73 Å². The van der Waals surface area contributed by atoms with Gasteiger partial charge < -0.3 is 10.6 Å². The fourth-order valence-corrected chi connectivity index (χ4v) is 2.55. The second-order valence-corrected chi connectivity index (χ2v) is 5.52. The van der Waals surface area contributed by atoms with E-state index in [1.165, 1.54) is 16.7 Å². The molecule has 1 aromatic rings. The molecule has 0 radical (unpaired) electrons. The van der Waals surface area contributed by atoms with E-state index in [1.54, 1.807) is 4.90 Å². The minimum Gasteiger partial charge on any atom is -0.341 e. The summed E-state index contributed by atoms with van der Waals surface area (Å²) in [5.74, 6) is 0.106. The molecular formula is C16H22N2O. The number of rotatable bonds is 3. The summed E-state index contributed by atoms with van der Waals surface area (Å²) < 4.78 is 0. The number of carbonyl (C=O) groups excluding carboxylic acids is 1. The van der Waals surface area contributed by atoms with E-state index in [-0.39, 0.29) is 17.9 Å². The summed E-state index contributed by atoms with van der Waals surface area (Å²) >= 11 is 0. The molecule has 102 valence electrons. The molecule has 1 aromatic carbocycles. The largest absolute Gasteiger partial charge is 0.341 e. The highest BCUT2D eigenvalue weighted by Crippen LogP contribution is 2.20. The van der Waals surface area contributed by atoms with Gasteiger partial charge in [-0.25, -0.2) is 0 Å². The maximum atomic E-state index is 12.3. The molecular weight excluding hydrogens is 236 g/mol. The van der Waals surface area contributed by atoms with E-state index in [1.807, 2.05) is 19.2 Å². The third-order valence-electron chi connectivity index (χ3n) is 3.72. The second-order valence-electron chi connectivity index (χ2n) is 5.52. The van der Waals surface area contributed by atoms with Crippen LogP contribution in [0.1, 0.15) is 23.1 Å². The highest BCUT2D eigenvalue weighted by atomic mass is 16.2. The van der Waals surface area contributed by atoms with Crippen molar-refractivity contribution in [2.45, 2.75) is 32.9 Å². The zero-order valence-electron chi connectivity index (χ0n) is 11.9. The second kappa shape index (κ2) is 5.57. The number of aryl methyl sites for hydroxylation is 2. The lowest BCUT2D eigenvalue weighted by atomic mass is 10.0. The Morgan fingerprint density at radius 3 is 2.68 bits per heavy atom. The van der Waals surface area contributed by atoms with Gasteiger partial charge >= 0.3 is 0 Å². The Labute approximate surface area is 115 Å². The van der Waals surface area contributed by atoms with E-state index in [2.05, 4.69) is 32.0 Å². The molecule has 0 aliphatic heterocycles. The number of nitrogens with zero attached hydrogens (tertiary/aromatic N) is 1. The van der Waals surface area contributed by atoms with Crippen LogP contribution in [0.3, 0.4) is 0 Å². The minimum absolute atomic E-state index is 0.0310. The first kappa shape index (κ1) is 13.8. The molecule has 2 rings (SSSR count). The molecule has 0 aromatic heterocycles. The van der Waals surface area contributed by atoms with Crippen LogP contribution in [0.2, 0.25) is 0 Å². The lowest BCUT2D eigenvalue weighted by Crippen LogP contribution is -2.32. The highest BCUT2D eigenvalue weighted by molar-refractivity contribution is 5.81. The zero-order valence-corrected chi connectivity index (χ0v) is 11.9. The number of nitrogens with two attached hydrogens (primary N) is 1. The first-order chi connectivity index (χ1) is 8.97. The van der Waals surface area contributed by atoms with Crippen molar-refractivity contribution in [3.05, 3.63) is 47.0 Å². The van der Waals surface area contributed by atoms with Crippen LogP contribution in [0.15, 0.2) is 30.4 Å². The van der Waals surface area contributed by atoms with Gasteiger partial charge in [-0.05, 0) is 31.4 Å². The Balaban J connectivity index is 2.02. The third kappa shape index (κ3) is 3.24. The molecule has 0 saturated carbocycles. The molecule has 0 spiro atoms. The summed E-state index contributed by atoms with van der Waals surface area (Å²) in [4.78, 5) is 14.1. The summed E-state index contributed by atoms with van der Waals surface area (Å²) in [7, 11) is 1.86. The van der Waals surface area contributed by atoms with Crippen LogP contribution >= 0.6 is 0 Å². The molecule has 1 aliphatic carbocycles. The quantitative estimate of drug-likeness (QED) is 0.845. The van der Waals surface area contributed by atoms with E-state index < -0.39 is 0 Å². The predicted octanol–water partition coefficient (Wildman–Crippen LogP) is 2.17. The van der Waals surface area contributed by atoms with E-state index in [9.17, 15) is 4.79 Å². The normalized spacial score (nSPS) is 21.7. The van der Waals surface area contributed by atoms with Gasteiger partial charge in [-0.3, -0.25) is 4.79 Å². The zero-order chi connectivity index (χ0) is 14.0. The van der Waals surface area contributed by atoms with E-state index in [0.717, 1.165) is 6.42 Å². The maximum absolute atomic E-state index is 12.3. The van der Waals surface area contributed by atoms with Crippen molar-refractivity contribution in [1.29, 1.82) is 0 Å². The Bertz CT molecular complexity index is 507. The summed E-state index contributed by atoms with van der Waals surface area (Å²) in [6, 6.07) is 6.37. The van der Waals surface area contributed by atoms with Gasteiger partial charge in [-0.1, -0.05) is 35.9 Å². The van der Waals surface area contributed by atoms with Gasteiger partial charge in [0.25, 0.3) is 0 Å².